The Kier molecular flexibility index (Phi) is 12.6. The predicted molar refractivity (Wildman–Crippen MR) is 144 cm³/mol. The van der Waals surface area contributed by atoms with Crippen LogP contribution in [0.2, 0.25) is 0 Å². The Bertz CT molecular complexity index is 567. The Morgan fingerprint density at radius 3 is 2.25 bits per heavy atom. The van der Waals surface area contributed by atoms with E-state index in [1.807, 2.05) is 4.90 Å². The Morgan fingerprint density at radius 2 is 1.62 bits per heavy atom. The van der Waals surface area contributed by atoms with Crippen LogP contribution in [0.3, 0.4) is 0 Å². The van der Waals surface area contributed by atoms with E-state index in [0.717, 1.165) is 83.5 Å². The topological polar surface area (TPSA) is 54.4 Å². The van der Waals surface area contributed by atoms with Gasteiger partial charge in [0.25, 0.3) is 0 Å². The van der Waals surface area contributed by atoms with Gasteiger partial charge in [0.15, 0.2) is 5.96 Å². The lowest BCUT2D eigenvalue weighted by Gasteiger charge is -2.39. The summed E-state index contributed by atoms with van der Waals surface area (Å²) in [6.45, 7) is 17.8. The van der Waals surface area contributed by atoms with Crippen LogP contribution in [0, 0.1) is 5.92 Å². The number of amides is 1. The van der Waals surface area contributed by atoms with E-state index >= 15 is 0 Å². The zero-order valence-electron chi connectivity index (χ0n) is 20.7. The normalized spacial score (nSPS) is 22.7. The summed E-state index contributed by atoms with van der Waals surface area (Å²) in [5.41, 5.74) is 0. The molecule has 0 aromatic carbocycles. The molecule has 32 heavy (non-hydrogen) atoms. The van der Waals surface area contributed by atoms with Gasteiger partial charge < -0.3 is 20.0 Å². The average Bonchev–Trinajstić information content (AvgIpc) is 3.33. The highest BCUT2D eigenvalue weighted by Crippen LogP contribution is 2.16. The minimum Gasteiger partial charge on any atom is -0.357 e. The number of carbonyl (C=O) groups excluding carboxylic acids is 1. The number of guanidine groups is 1. The molecule has 0 bridgehead atoms. The first-order valence-corrected chi connectivity index (χ1v) is 12.9. The van der Waals surface area contributed by atoms with Gasteiger partial charge in [0.05, 0.1) is 6.04 Å². The third kappa shape index (κ3) is 8.31. The molecule has 0 aliphatic carbocycles. The molecule has 7 nitrogen and oxygen atoms in total. The van der Waals surface area contributed by atoms with Gasteiger partial charge in [0, 0.05) is 52.4 Å². The summed E-state index contributed by atoms with van der Waals surface area (Å²) < 4.78 is 0. The maximum atomic E-state index is 12.7. The molecule has 1 amide bonds. The molecular formula is C24H47IN6O. The van der Waals surface area contributed by atoms with E-state index in [-0.39, 0.29) is 30.0 Å². The van der Waals surface area contributed by atoms with Crippen LogP contribution in [0.5, 0.6) is 0 Å². The first-order valence-electron chi connectivity index (χ1n) is 12.9. The number of piperidine rings is 1. The lowest BCUT2D eigenvalue weighted by molar-refractivity contribution is -0.135. The second kappa shape index (κ2) is 14.6. The summed E-state index contributed by atoms with van der Waals surface area (Å²) in [4.78, 5) is 27.0. The molecule has 186 valence electrons. The summed E-state index contributed by atoms with van der Waals surface area (Å²) in [5.74, 6) is 2.27. The molecule has 0 radical (unpaired) electrons. The number of nitrogens with one attached hydrogen (secondary N) is 1. The van der Waals surface area contributed by atoms with Crippen LogP contribution in [0.25, 0.3) is 0 Å². The Morgan fingerprint density at radius 1 is 0.969 bits per heavy atom. The summed E-state index contributed by atoms with van der Waals surface area (Å²) in [6.07, 6.45) is 7.43. The van der Waals surface area contributed by atoms with Crippen LogP contribution < -0.4 is 5.32 Å². The number of aliphatic imine (C=N–C) groups is 1. The highest BCUT2D eigenvalue weighted by atomic mass is 127. The summed E-state index contributed by atoms with van der Waals surface area (Å²) in [7, 11) is 0. The van der Waals surface area contributed by atoms with Crippen molar-refractivity contribution in [3.05, 3.63) is 0 Å². The first-order chi connectivity index (χ1) is 15.1. The van der Waals surface area contributed by atoms with Gasteiger partial charge in [-0.1, -0.05) is 6.92 Å². The van der Waals surface area contributed by atoms with Crippen molar-refractivity contribution in [2.75, 3.05) is 72.0 Å². The van der Waals surface area contributed by atoms with Crippen LogP contribution in [0.15, 0.2) is 4.99 Å². The Hall–Kier alpha value is -0.610. The molecule has 3 aliphatic rings. The Labute approximate surface area is 213 Å². The smallest absolute Gasteiger partial charge is 0.239 e. The second-order valence-corrected chi connectivity index (χ2v) is 9.70. The molecule has 3 aliphatic heterocycles. The number of halogens is 1. The van der Waals surface area contributed by atoms with Crippen molar-refractivity contribution >= 4 is 35.8 Å². The zero-order valence-corrected chi connectivity index (χ0v) is 23.1. The molecule has 0 aromatic rings. The number of hydrogen-bond acceptors (Lipinski definition) is 4. The molecule has 3 saturated heterocycles. The first kappa shape index (κ1) is 27.6. The molecule has 0 spiro atoms. The van der Waals surface area contributed by atoms with Gasteiger partial charge in [-0.3, -0.25) is 14.7 Å². The van der Waals surface area contributed by atoms with Crippen LogP contribution in [0.1, 0.15) is 59.3 Å². The number of carbonyl (C=O) groups is 1. The molecule has 8 heteroatoms. The van der Waals surface area contributed by atoms with Gasteiger partial charge in [0.1, 0.15) is 0 Å². The summed E-state index contributed by atoms with van der Waals surface area (Å²) in [6, 6.07) is -0.00227. The fourth-order valence-electron chi connectivity index (χ4n) is 5.02. The van der Waals surface area contributed by atoms with Gasteiger partial charge in [-0.05, 0) is 77.9 Å². The molecule has 1 unspecified atom stereocenters. The van der Waals surface area contributed by atoms with Crippen LogP contribution >= 0.6 is 24.0 Å². The van der Waals surface area contributed by atoms with Gasteiger partial charge >= 0.3 is 0 Å². The number of rotatable bonds is 8. The molecule has 3 heterocycles. The second-order valence-electron chi connectivity index (χ2n) is 9.70. The molecular weight excluding hydrogens is 515 g/mol. The minimum atomic E-state index is -0.00227. The van der Waals surface area contributed by atoms with Gasteiger partial charge in [-0.2, -0.15) is 0 Å². The third-order valence-electron chi connectivity index (χ3n) is 7.29. The fourth-order valence-corrected chi connectivity index (χ4v) is 5.02. The highest BCUT2D eigenvalue weighted by molar-refractivity contribution is 14.0. The van der Waals surface area contributed by atoms with Crippen molar-refractivity contribution in [2.24, 2.45) is 10.9 Å². The number of hydrogen-bond donors (Lipinski definition) is 1. The molecule has 0 aromatic heterocycles. The van der Waals surface area contributed by atoms with Gasteiger partial charge in [-0.15, -0.1) is 24.0 Å². The van der Waals surface area contributed by atoms with E-state index in [0.29, 0.717) is 5.91 Å². The van der Waals surface area contributed by atoms with E-state index in [9.17, 15) is 4.79 Å². The van der Waals surface area contributed by atoms with Crippen molar-refractivity contribution in [2.45, 2.75) is 65.3 Å². The van der Waals surface area contributed by atoms with Crippen molar-refractivity contribution < 1.29 is 4.79 Å². The van der Waals surface area contributed by atoms with E-state index in [1.165, 1.54) is 38.9 Å². The number of likely N-dealkylation sites (tertiary alicyclic amines) is 2. The van der Waals surface area contributed by atoms with Crippen LogP contribution in [-0.2, 0) is 4.79 Å². The van der Waals surface area contributed by atoms with E-state index in [4.69, 9.17) is 4.99 Å². The molecule has 1 atom stereocenters. The monoisotopic (exact) mass is 562 g/mol. The minimum absolute atomic E-state index is 0. The maximum absolute atomic E-state index is 12.7. The molecule has 1 N–H and O–H groups in total. The summed E-state index contributed by atoms with van der Waals surface area (Å²) in [5, 5.41) is 3.48. The highest BCUT2D eigenvalue weighted by Gasteiger charge is 2.30. The molecule has 3 rings (SSSR count). The largest absolute Gasteiger partial charge is 0.357 e. The number of piperazine rings is 1. The van der Waals surface area contributed by atoms with Crippen molar-refractivity contribution in [1.29, 1.82) is 0 Å². The fraction of sp³-hybridized carbons (Fsp3) is 0.917. The zero-order chi connectivity index (χ0) is 22.1. The van der Waals surface area contributed by atoms with Crippen LogP contribution in [-0.4, -0.2) is 110 Å². The lowest BCUT2D eigenvalue weighted by atomic mass is 9.99. The number of unbranched alkanes of at least 4 members (excludes halogenated alkanes) is 1. The quantitative estimate of drug-likeness (QED) is 0.214. The van der Waals surface area contributed by atoms with E-state index in [2.05, 4.69) is 40.8 Å². The molecule has 0 saturated carbocycles. The lowest BCUT2D eigenvalue weighted by Crippen LogP contribution is -2.57. The van der Waals surface area contributed by atoms with Crippen molar-refractivity contribution in [3.63, 3.8) is 0 Å². The van der Waals surface area contributed by atoms with E-state index in [1.54, 1.807) is 0 Å². The third-order valence-corrected chi connectivity index (χ3v) is 7.29. The standard InChI is InChI=1S/C24H46N6O.HI/c1-4-25-24(26-11-5-6-12-27-15-9-21(2)10-16-27)30-19-17-28(18-20-30)22(3)23(31)29-13-7-8-14-29;/h21-22H,4-20H2,1-3H3,(H,25,26);1H. The average molecular weight is 563 g/mol. The maximum Gasteiger partial charge on any atom is 0.239 e. The number of nitrogens with zero attached hydrogens (tertiary/aromatic N) is 5. The van der Waals surface area contributed by atoms with E-state index < -0.39 is 0 Å². The molecule has 3 fully saturated rings. The van der Waals surface area contributed by atoms with Crippen molar-refractivity contribution in [1.82, 2.24) is 24.9 Å². The predicted octanol–water partition coefficient (Wildman–Crippen LogP) is 2.71. The van der Waals surface area contributed by atoms with Gasteiger partial charge in [0.2, 0.25) is 5.91 Å². The van der Waals surface area contributed by atoms with Crippen molar-refractivity contribution in [3.8, 4) is 0 Å². The SMILES string of the molecule is CCNC(=NCCCCN1CCC(C)CC1)N1CCN(C(C)C(=O)N2CCCC2)CC1.I. The van der Waals surface area contributed by atoms with Crippen LogP contribution in [0.4, 0.5) is 0 Å². The van der Waals surface area contributed by atoms with Gasteiger partial charge in [-0.25, -0.2) is 0 Å². The summed E-state index contributed by atoms with van der Waals surface area (Å²) >= 11 is 0. The Balaban J connectivity index is 0.00000363.